The van der Waals surface area contributed by atoms with Crippen LogP contribution in [0.5, 0.6) is 0 Å². The molecular formula is C12H24N2O3. The zero-order valence-corrected chi connectivity index (χ0v) is 11.1. The number of amides is 1. The number of carboxylic acids is 1. The van der Waals surface area contributed by atoms with Gasteiger partial charge in [-0.25, -0.2) is 4.79 Å². The molecular weight excluding hydrogens is 220 g/mol. The smallest absolute Gasteiger partial charge is 0.326 e. The van der Waals surface area contributed by atoms with Crippen LogP contribution >= 0.6 is 0 Å². The van der Waals surface area contributed by atoms with E-state index >= 15 is 0 Å². The van der Waals surface area contributed by atoms with Gasteiger partial charge in [-0.05, 0) is 18.3 Å². The molecule has 1 amide bonds. The molecule has 1 unspecified atom stereocenters. The highest BCUT2D eigenvalue weighted by molar-refractivity contribution is 5.86. The van der Waals surface area contributed by atoms with Crippen LogP contribution in [0.4, 0.5) is 0 Å². The largest absolute Gasteiger partial charge is 0.480 e. The standard InChI is InChI=1S/C12H24N2O3/c1-5-8(4)10(13)11(15)14-9(12(16)17)6-7(2)3/h7-10H,5-6,13H2,1-4H3,(H,14,15)(H,16,17)/t8-,9?,10-/m0/s1. The zero-order chi connectivity index (χ0) is 13.6. The molecule has 0 aliphatic rings. The molecule has 17 heavy (non-hydrogen) atoms. The van der Waals surface area contributed by atoms with Crippen LogP contribution in [0.2, 0.25) is 0 Å². The Morgan fingerprint density at radius 1 is 1.29 bits per heavy atom. The third-order valence-electron chi connectivity index (χ3n) is 2.88. The molecule has 0 fully saturated rings. The van der Waals surface area contributed by atoms with Gasteiger partial charge in [-0.2, -0.15) is 0 Å². The van der Waals surface area contributed by atoms with Crippen LogP contribution in [0.25, 0.3) is 0 Å². The van der Waals surface area contributed by atoms with E-state index < -0.39 is 18.1 Å². The maximum absolute atomic E-state index is 11.7. The predicted octanol–water partition coefficient (Wildman–Crippen LogP) is 0.975. The summed E-state index contributed by atoms with van der Waals surface area (Å²) in [5.41, 5.74) is 5.75. The zero-order valence-electron chi connectivity index (χ0n) is 11.1. The van der Waals surface area contributed by atoms with Crippen LogP contribution in [0.1, 0.15) is 40.5 Å². The van der Waals surface area contributed by atoms with Gasteiger partial charge in [0, 0.05) is 0 Å². The first-order valence-corrected chi connectivity index (χ1v) is 6.08. The average Bonchev–Trinajstić information content (AvgIpc) is 2.25. The molecule has 0 saturated carbocycles. The van der Waals surface area contributed by atoms with Crippen LogP contribution in [-0.4, -0.2) is 29.1 Å². The summed E-state index contributed by atoms with van der Waals surface area (Å²) >= 11 is 0. The summed E-state index contributed by atoms with van der Waals surface area (Å²) in [5, 5.41) is 11.5. The van der Waals surface area contributed by atoms with Crippen LogP contribution < -0.4 is 11.1 Å². The lowest BCUT2D eigenvalue weighted by atomic mass is 9.98. The Balaban J connectivity index is 4.45. The minimum absolute atomic E-state index is 0.0449. The van der Waals surface area contributed by atoms with E-state index in [-0.39, 0.29) is 17.7 Å². The molecule has 4 N–H and O–H groups in total. The van der Waals surface area contributed by atoms with Gasteiger partial charge in [0.1, 0.15) is 6.04 Å². The molecule has 0 spiro atoms. The van der Waals surface area contributed by atoms with E-state index in [4.69, 9.17) is 10.8 Å². The number of nitrogens with one attached hydrogen (secondary N) is 1. The van der Waals surface area contributed by atoms with Crippen LogP contribution in [-0.2, 0) is 9.59 Å². The summed E-state index contributed by atoms with van der Waals surface area (Å²) < 4.78 is 0. The van der Waals surface area contributed by atoms with Crippen molar-refractivity contribution in [3.8, 4) is 0 Å². The lowest BCUT2D eigenvalue weighted by molar-refractivity contribution is -0.142. The molecule has 0 aliphatic heterocycles. The first kappa shape index (κ1) is 15.9. The minimum Gasteiger partial charge on any atom is -0.480 e. The Bertz CT molecular complexity index is 266. The Kier molecular flexibility index (Phi) is 6.80. The van der Waals surface area contributed by atoms with E-state index in [9.17, 15) is 9.59 Å². The molecule has 0 aromatic rings. The molecule has 3 atom stereocenters. The summed E-state index contributed by atoms with van der Waals surface area (Å²) in [6, 6.07) is -1.49. The van der Waals surface area contributed by atoms with Gasteiger partial charge in [-0.1, -0.05) is 34.1 Å². The quantitative estimate of drug-likeness (QED) is 0.622. The van der Waals surface area contributed by atoms with Crippen molar-refractivity contribution >= 4 is 11.9 Å². The highest BCUT2D eigenvalue weighted by Crippen LogP contribution is 2.08. The Morgan fingerprint density at radius 3 is 2.18 bits per heavy atom. The van der Waals surface area contributed by atoms with E-state index in [1.807, 2.05) is 27.7 Å². The number of carboxylic acid groups (broad SMARTS) is 1. The fourth-order valence-electron chi connectivity index (χ4n) is 1.47. The van der Waals surface area contributed by atoms with Gasteiger partial charge in [-0.15, -0.1) is 0 Å². The Hall–Kier alpha value is -1.10. The molecule has 0 bridgehead atoms. The molecule has 5 nitrogen and oxygen atoms in total. The van der Waals surface area contributed by atoms with Crippen molar-refractivity contribution in [2.24, 2.45) is 17.6 Å². The number of carbonyl (C=O) groups excluding carboxylic acids is 1. The van der Waals surface area contributed by atoms with Crippen molar-refractivity contribution in [3.63, 3.8) is 0 Å². The summed E-state index contributed by atoms with van der Waals surface area (Å²) in [4.78, 5) is 22.7. The van der Waals surface area contributed by atoms with Crippen molar-refractivity contribution in [1.82, 2.24) is 5.32 Å². The number of aliphatic carboxylic acids is 1. The van der Waals surface area contributed by atoms with Gasteiger partial charge in [0.15, 0.2) is 0 Å². The molecule has 0 radical (unpaired) electrons. The second kappa shape index (κ2) is 7.27. The first-order chi connectivity index (χ1) is 7.79. The van der Waals surface area contributed by atoms with Gasteiger partial charge >= 0.3 is 5.97 Å². The van der Waals surface area contributed by atoms with Gasteiger partial charge in [-0.3, -0.25) is 4.79 Å². The predicted molar refractivity (Wildman–Crippen MR) is 66.5 cm³/mol. The lowest BCUT2D eigenvalue weighted by Crippen LogP contribution is -2.51. The van der Waals surface area contributed by atoms with E-state index in [0.29, 0.717) is 6.42 Å². The van der Waals surface area contributed by atoms with Gasteiger partial charge in [0.2, 0.25) is 5.91 Å². The average molecular weight is 244 g/mol. The van der Waals surface area contributed by atoms with Gasteiger partial charge in [0.25, 0.3) is 0 Å². The Labute approximate surface area is 103 Å². The SMILES string of the molecule is CC[C@H](C)[C@H](N)C(=O)NC(CC(C)C)C(=O)O. The second-order valence-electron chi connectivity index (χ2n) is 4.94. The molecule has 0 aromatic carbocycles. The van der Waals surface area contributed by atoms with Crippen LogP contribution in [0.3, 0.4) is 0 Å². The summed E-state index contributed by atoms with van der Waals surface area (Å²) in [6.07, 6.45) is 1.20. The van der Waals surface area contributed by atoms with Gasteiger partial charge in [0.05, 0.1) is 6.04 Å². The van der Waals surface area contributed by atoms with E-state index in [0.717, 1.165) is 6.42 Å². The molecule has 0 heterocycles. The van der Waals surface area contributed by atoms with E-state index in [1.54, 1.807) is 0 Å². The number of carbonyl (C=O) groups is 2. The highest BCUT2D eigenvalue weighted by Gasteiger charge is 2.26. The van der Waals surface area contributed by atoms with Crippen molar-refractivity contribution < 1.29 is 14.7 Å². The molecule has 100 valence electrons. The van der Waals surface area contributed by atoms with Crippen molar-refractivity contribution in [2.75, 3.05) is 0 Å². The second-order valence-corrected chi connectivity index (χ2v) is 4.94. The summed E-state index contributed by atoms with van der Waals surface area (Å²) in [5.74, 6) is -1.14. The third kappa shape index (κ3) is 5.68. The van der Waals surface area contributed by atoms with Crippen molar-refractivity contribution in [3.05, 3.63) is 0 Å². The molecule has 0 rings (SSSR count). The monoisotopic (exact) mass is 244 g/mol. The van der Waals surface area contributed by atoms with Crippen LogP contribution in [0.15, 0.2) is 0 Å². The lowest BCUT2D eigenvalue weighted by Gasteiger charge is -2.22. The van der Waals surface area contributed by atoms with Crippen molar-refractivity contribution in [2.45, 2.75) is 52.6 Å². The maximum Gasteiger partial charge on any atom is 0.326 e. The number of hydrogen-bond donors (Lipinski definition) is 3. The van der Waals surface area contributed by atoms with Crippen LogP contribution in [0, 0.1) is 11.8 Å². The minimum atomic E-state index is -1.01. The molecule has 0 aliphatic carbocycles. The molecule has 0 saturated heterocycles. The normalized spacial score (nSPS) is 16.4. The maximum atomic E-state index is 11.7. The summed E-state index contributed by atoms with van der Waals surface area (Å²) in [6.45, 7) is 7.65. The fraction of sp³-hybridized carbons (Fsp3) is 0.833. The number of hydrogen-bond acceptors (Lipinski definition) is 3. The third-order valence-corrected chi connectivity index (χ3v) is 2.88. The fourth-order valence-corrected chi connectivity index (χ4v) is 1.47. The van der Waals surface area contributed by atoms with Crippen molar-refractivity contribution in [1.29, 1.82) is 0 Å². The Morgan fingerprint density at radius 2 is 1.82 bits per heavy atom. The van der Waals surface area contributed by atoms with E-state index in [2.05, 4.69) is 5.32 Å². The first-order valence-electron chi connectivity index (χ1n) is 6.08. The summed E-state index contributed by atoms with van der Waals surface area (Å²) in [7, 11) is 0. The molecule has 0 aromatic heterocycles. The highest BCUT2D eigenvalue weighted by atomic mass is 16.4. The van der Waals surface area contributed by atoms with Gasteiger partial charge < -0.3 is 16.2 Å². The molecule has 5 heteroatoms. The topological polar surface area (TPSA) is 92.4 Å². The number of rotatable bonds is 7. The number of nitrogens with two attached hydrogens (primary N) is 1. The van der Waals surface area contributed by atoms with E-state index in [1.165, 1.54) is 0 Å².